The van der Waals surface area contributed by atoms with Crippen molar-refractivity contribution in [1.82, 2.24) is 0 Å². The third-order valence-electron chi connectivity index (χ3n) is 1.88. The van der Waals surface area contributed by atoms with Crippen LogP contribution in [0.1, 0.15) is 34.1 Å². The second-order valence-corrected chi connectivity index (χ2v) is 5.37. The third-order valence-corrected chi connectivity index (χ3v) is 4.96. The van der Waals surface area contributed by atoms with Gasteiger partial charge in [0.25, 0.3) is 0 Å². The highest BCUT2D eigenvalue weighted by atomic mass is 33.1. The molecule has 12 heavy (non-hydrogen) atoms. The second kappa shape index (κ2) is 6.84. The first-order chi connectivity index (χ1) is 5.72. The summed E-state index contributed by atoms with van der Waals surface area (Å²) >= 11 is 0. The molecule has 0 spiro atoms. The number of hydrogen-bond donors (Lipinski definition) is 0. The maximum absolute atomic E-state index is 10.9. The largest absolute Gasteiger partial charge is 0.300 e. The van der Waals surface area contributed by atoms with Crippen LogP contribution in [-0.4, -0.2) is 16.8 Å². The normalized spacial score (nSPS) is 24.2. The van der Waals surface area contributed by atoms with Gasteiger partial charge in [-0.2, -0.15) is 0 Å². The Kier molecular flexibility index (Phi) is 7.05. The van der Waals surface area contributed by atoms with Crippen molar-refractivity contribution in [3.8, 4) is 0 Å². The summed E-state index contributed by atoms with van der Waals surface area (Å²) in [6, 6.07) is 0. The minimum atomic E-state index is 0.264. The molecule has 0 amide bonds. The topological polar surface area (TPSA) is 17.1 Å². The Balaban J connectivity index is 0.000000561. The molecule has 3 heteroatoms. The van der Waals surface area contributed by atoms with Crippen molar-refractivity contribution >= 4 is 27.4 Å². The van der Waals surface area contributed by atoms with Gasteiger partial charge in [-0.3, -0.25) is 4.79 Å². The molecule has 1 rings (SSSR count). The van der Waals surface area contributed by atoms with Gasteiger partial charge in [0, 0.05) is 16.9 Å². The first kappa shape index (κ1) is 12.4. The summed E-state index contributed by atoms with van der Waals surface area (Å²) in [7, 11) is 3.77. The van der Waals surface area contributed by atoms with Crippen molar-refractivity contribution in [2.24, 2.45) is 5.92 Å². The molecule has 0 aromatic rings. The first-order valence-electron chi connectivity index (χ1n) is 4.50. The number of Topliss-reactive ketones (excluding diaryl/α,β-unsaturated/α-hetero) is 1. The van der Waals surface area contributed by atoms with Crippen molar-refractivity contribution in [2.45, 2.75) is 39.4 Å². The van der Waals surface area contributed by atoms with E-state index in [1.54, 1.807) is 6.92 Å². The smallest absolute Gasteiger partial charge is 0.133 e. The minimum Gasteiger partial charge on any atom is -0.300 e. The van der Waals surface area contributed by atoms with Gasteiger partial charge in [0.05, 0.1) is 0 Å². The highest BCUT2D eigenvalue weighted by Crippen LogP contribution is 2.41. The lowest BCUT2D eigenvalue weighted by Gasteiger charge is -2.12. The fourth-order valence-corrected chi connectivity index (χ4v) is 4.18. The molecule has 0 aliphatic carbocycles. The quantitative estimate of drug-likeness (QED) is 0.645. The Morgan fingerprint density at radius 1 is 1.50 bits per heavy atom. The standard InChI is InChI=1S/C7H12OS2.C2H6/c1-5(6(2)8)7-3-4-9-10-7;1-2/h5,7H,3-4H2,1-2H3;1-2H3. The van der Waals surface area contributed by atoms with E-state index in [2.05, 4.69) is 0 Å². The number of hydrogen-bond acceptors (Lipinski definition) is 3. The highest BCUT2D eigenvalue weighted by Gasteiger charge is 2.25. The Morgan fingerprint density at radius 3 is 2.42 bits per heavy atom. The lowest BCUT2D eigenvalue weighted by atomic mass is 10.0. The Morgan fingerprint density at radius 2 is 2.08 bits per heavy atom. The second-order valence-electron chi connectivity index (χ2n) is 2.64. The monoisotopic (exact) mass is 206 g/mol. The van der Waals surface area contributed by atoms with Crippen LogP contribution in [0, 0.1) is 5.92 Å². The summed E-state index contributed by atoms with van der Waals surface area (Å²) in [5.74, 6) is 1.81. The summed E-state index contributed by atoms with van der Waals surface area (Å²) in [6.45, 7) is 7.72. The molecule has 1 fully saturated rings. The van der Waals surface area contributed by atoms with Gasteiger partial charge < -0.3 is 0 Å². The zero-order valence-electron chi connectivity index (χ0n) is 8.29. The summed E-state index contributed by atoms with van der Waals surface area (Å²) in [5, 5.41) is 0.586. The van der Waals surface area contributed by atoms with Crippen LogP contribution in [0.5, 0.6) is 0 Å². The molecular weight excluding hydrogens is 188 g/mol. The predicted octanol–water partition coefficient (Wildman–Crippen LogP) is 3.39. The molecular formula is C9H18OS2. The molecule has 72 valence electrons. The molecule has 0 bridgehead atoms. The fraction of sp³-hybridized carbons (Fsp3) is 0.889. The molecule has 1 aliphatic rings. The third kappa shape index (κ3) is 3.85. The van der Waals surface area contributed by atoms with Crippen LogP contribution in [-0.2, 0) is 4.79 Å². The molecule has 2 atom stereocenters. The van der Waals surface area contributed by atoms with Crippen LogP contribution < -0.4 is 0 Å². The first-order valence-corrected chi connectivity index (χ1v) is 6.88. The summed E-state index contributed by atoms with van der Waals surface area (Å²) in [4.78, 5) is 10.9. The zero-order valence-corrected chi connectivity index (χ0v) is 9.93. The molecule has 1 saturated heterocycles. The van der Waals surface area contributed by atoms with Crippen LogP contribution in [0.25, 0.3) is 0 Å². The van der Waals surface area contributed by atoms with Crippen LogP contribution in [0.4, 0.5) is 0 Å². The Hall–Kier alpha value is 0.370. The van der Waals surface area contributed by atoms with Gasteiger partial charge in [0.2, 0.25) is 0 Å². The summed E-state index contributed by atoms with van der Waals surface area (Å²) in [6.07, 6.45) is 1.20. The van der Waals surface area contributed by atoms with Gasteiger partial charge in [-0.1, -0.05) is 42.4 Å². The van der Waals surface area contributed by atoms with E-state index in [4.69, 9.17) is 0 Å². The SMILES string of the molecule is CC.CC(=O)C(C)C1CCSS1. The van der Waals surface area contributed by atoms with E-state index in [9.17, 15) is 4.79 Å². The average molecular weight is 206 g/mol. The van der Waals surface area contributed by atoms with E-state index in [0.717, 1.165) is 0 Å². The maximum Gasteiger partial charge on any atom is 0.133 e. The predicted molar refractivity (Wildman–Crippen MR) is 59.6 cm³/mol. The molecule has 0 aromatic carbocycles. The van der Waals surface area contributed by atoms with Gasteiger partial charge in [-0.05, 0) is 13.3 Å². The van der Waals surface area contributed by atoms with Gasteiger partial charge in [-0.15, -0.1) is 0 Å². The van der Waals surface area contributed by atoms with E-state index in [-0.39, 0.29) is 5.92 Å². The van der Waals surface area contributed by atoms with E-state index < -0.39 is 0 Å². The van der Waals surface area contributed by atoms with E-state index >= 15 is 0 Å². The van der Waals surface area contributed by atoms with E-state index in [1.165, 1.54) is 12.2 Å². The molecule has 0 aromatic heterocycles. The Bertz CT molecular complexity index is 130. The van der Waals surface area contributed by atoms with Crippen LogP contribution in [0.3, 0.4) is 0 Å². The van der Waals surface area contributed by atoms with Crippen molar-refractivity contribution in [3.05, 3.63) is 0 Å². The lowest BCUT2D eigenvalue weighted by Crippen LogP contribution is -2.18. The molecule has 1 heterocycles. The number of ketones is 1. The van der Waals surface area contributed by atoms with Crippen molar-refractivity contribution < 1.29 is 4.79 Å². The van der Waals surface area contributed by atoms with Crippen LogP contribution in [0.2, 0.25) is 0 Å². The fourth-order valence-electron chi connectivity index (χ4n) is 0.943. The number of rotatable bonds is 2. The maximum atomic E-state index is 10.9. The summed E-state index contributed by atoms with van der Waals surface area (Å²) < 4.78 is 0. The average Bonchev–Trinajstić information content (AvgIpc) is 2.58. The lowest BCUT2D eigenvalue weighted by molar-refractivity contribution is -0.120. The van der Waals surface area contributed by atoms with Crippen molar-refractivity contribution in [1.29, 1.82) is 0 Å². The van der Waals surface area contributed by atoms with Crippen LogP contribution >= 0.6 is 21.6 Å². The van der Waals surface area contributed by atoms with E-state index in [0.29, 0.717) is 11.0 Å². The molecule has 1 aliphatic heterocycles. The molecule has 1 nitrogen and oxygen atoms in total. The van der Waals surface area contributed by atoms with E-state index in [1.807, 2.05) is 42.4 Å². The number of carbonyl (C=O) groups excluding carboxylic acids is 1. The minimum absolute atomic E-state index is 0.264. The van der Waals surface area contributed by atoms with Crippen LogP contribution in [0.15, 0.2) is 0 Å². The van der Waals surface area contributed by atoms with Gasteiger partial charge >= 0.3 is 0 Å². The Labute approximate surface area is 83.5 Å². The van der Waals surface area contributed by atoms with Crippen molar-refractivity contribution in [2.75, 3.05) is 5.75 Å². The molecule has 0 N–H and O–H groups in total. The number of carbonyl (C=O) groups is 1. The molecule has 2 unspecified atom stereocenters. The highest BCUT2D eigenvalue weighted by molar-refractivity contribution is 8.77. The van der Waals surface area contributed by atoms with Gasteiger partial charge in [0.1, 0.15) is 5.78 Å². The molecule has 0 radical (unpaired) electrons. The molecule has 0 saturated carbocycles. The van der Waals surface area contributed by atoms with Crippen molar-refractivity contribution in [3.63, 3.8) is 0 Å². The van der Waals surface area contributed by atoms with Gasteiger partial charge in [0.15, 0.2) is 0 Å². The summed E-state index contributed by atoms with van der Waals surface area (Å²) in [5.41, 5.74) is 0. The zero-order chi connectivity index (χ0) is 9.56. The van der Waals surface area contributed by atoms with Gasteiger partial charge in [-0.25, -0.2) is 0 Å².